The number of carbonyl (C=O) groups is 2. The van der Waals surface area contributed by atoms with E-state index >= 15 is 0 Å². The molecule has 28 heavy (non-hydrogen) atoms. The van der Waals surface area contributed by atoms with Crippen molar-refractivity contribution < 1.29 is 19.2 Å². The van der Waals surface area contributed by atoms with E-state index in [2.05, 4.69) is 4.99 Å². The molecule has 8 nitrogen and oxygen atoms in total. The van der Waals surface area contributed by atoms with Gasteiger partial charge in [-0.05, 0) is 25.3 Å². The van der Waals surface area contributed by atoms with Crippen molar-refractivity contribution in [3.63, 3.8) is 0 Å². The first-order chi connectivity index (χ1) is 13.2. The third kappa shape index (κ3) is 3.66. The van der Waals surface area contributed by atoms with Gasteiger partial charge in [0.25, 0.3) is 5.69 Å². The smallest absolute Gasteiger partial charge is 0.338 e. The normalized spacial score (nSPS) is 21.7. The third-order valence-electron chi connectivity index (χ3n) is 4.42. The molecule has 0 N–H and O–H groups in total. The number of non-ortho nitro benzene ring substituents is 1. The summed E-state index contributed by atoms with van der Waals surface area (Å²) in [7, 11) is 0. The van der Waals surface area contributed by atoms with Crippen molar-refractivity contribution in [1.29, 1.82) is 0 Å². The number of allylic oxidation sites excluding steroid dienone is 1. The van der Waals surface area contributed by atoms with E-state index in [4.69, 9.17) is 4.74 Å². The Balaban J connectivity index is 2.11. The number of nitro groups is 1. The number of ether oxygens (including phenoxy) is 1. The summed E-state index contributed by atoms with van der Waals surface area (Å²) in [5.41, 5.74) is 1.04. The molecule has 3 rings (SSSR count). The monoisotopic (exact) mass is 403 g/mol. The molecule has 0 bridgehead atoms. The highest BCUT2D eigenvalue weighted by atomic mass is 32.2. The molecule has 9 heteroatoms. The summed E-state index contributed by atoms with van der Waals surface area (Å²) in [6, 6.07) is 5.17. The lowest BCUT2D eigenvalue weighted by Crippen LogP contribution is -2.40. The van der Waals surface area contributed by atoms with Crippen LogP contribution in [0.15, 0.2) is 40.5 Å². The molecule has 1 amide bonds. The molecular formula is C19H21N3O5S. The molecule has 2 aliphatic heterocycles. The molecule has 2 aliphatic rings. The number of thioether (sulfide) groups is 1. The van der Waals surface area contributed by atoms with Gasteiger partial charge in [0.15, 0.2) is 5.17 Å². The molecule has 0 aromatic heterocycles. The maximum Gasteiger partial charge on any atom is 0.338 e. The van der Waals surface area contributed by atoms with Gasteiger partial charge in [0.05, 0.1) is 34.1 Å². The first-order valence-corrected chi connectivity index (χ1v) is 9.79. The van der Waals surface area contributed by atoms with E-state index in [-0.39, 0.29) is 34.9 Å². The van der Waals surface area contributed by atoms with Gasteiger partial charge in [0, 0.05) is 12.1 Å². The highest BCUT2D eigenvalue weighted by molar-refractivity contribution is 8.15. The number of amides is 1. The Kier molecular flexibility index (Phi) is 5.55. The average molecular weight is 403 g/mol. The molecule has 0 spiro atoms. The van der Waals surface area contributed by atoms with E-state index in [9.17, 15) is 19.7 Å². The van der Waals surface area contributed by atoms with Gasteiger partial charge in [0.2, 0.25) is 5.91 Å². The standard InChI is InChI=1S/C19H21N3O5S/c1-10(2)9-27-18(24)15-11(3)20-19-21(17(23)12(4)28-19)16(15)13-6-5-7-14(8-13)22(25)26/h5-8,10,12,16H,9H2,1-4H3. The van der Waals surface area contributed by atoms with Crippen molar-refractivity contribution in [2.75, 3.05) is 6.61 Å². The first-order valence-electron chi connectivity index (χ1n) is 8.91. The van der Waals surface area contributed by atoms with E-state index in [1.165, 1.54) is 28.8 Å². The Morgan fingerprint density at radius 1 is 1.43 bits per heavy atom. The lowest BCUT2D eigenvalue weighted by Gasteiger charge is -2.33. The van der Waals surface area contributed by atoms with Gasteiger partial charge in [-0.2, -0.15) is 0 Å². The zero-order valence-corrected chi connectivity index (χ0v) is 16.9. The molecule has 1 aromatic carbocycles. The lowest BCUT2D eigenvalue weighted by molar-refractivity contribution is -0.384. The Bertz CT molecular complexity index is 909. The lowest BCUT2D eigenvalue weighted by atomic mass is 9.94. The molecule has 0 aliphatic carbocycles. The first kappa shape index (κ1) is 20.1. The summed E-state index contributed by atoms with van der Waals surface area (Å²) in [5.74, 6) is -0.613. The second-order valence-electron chi connectivity index (χ2n) is 7.11. The van der Waals surface area contributed by atoms with E-state index in [1.54, 1.807) is 26.0 Å². The fourth-order valence-corrected chi connectivity index (χ4v) is 4.14. The molecule has 2 atom stereocenters. The van der Waals surface area contributed by atoms with Crippen molar-refractivity contribution in [2.45, 2.75) is 39.0 Å². The van der Waals surface area contributed by atoms with Crippen molar-refractivity contribution >= 4 is 34.5 Å². The van der Waals surface area contributed by atoms with Crippen LogP contribution in [-0.4, -0.2) is 38.7 Å². The number of hydrogen-bond acceptors (Lipinski definition) is 7. The Labute approximate surface area is 166 Å². The van der Waals surface area contributed by atoms with Gasteiger partial charge in [-0.25, -0.2) is 9.79 Å². The molecule has 1 saturated heterocycles. The molecule has 1 fully saturated rings. The second kappa shape index (κ2) is 7.75. The predicted octanol–water partition coefficient (Wildman–Crippen LogP) is 3.44. The van der Waals surface area contributed by atoms with E-state index in [0.717, 1.165) is 0 Å². The van der Waals surface area contributed by atoms with E-state index in [1.807, 2.05) is 13.8 Å². The number of aliphatic imine (C=N–C) groups is 1. The fraction of sp³-hybridized carbons (Fsp3) is 0.421. The van der Waals surface area contributed by atoms with Crippen molar-refractivity contribution in [3.05, 3.63) is 51.2 Å². The van der Waals surface area contributed by atoms with Crippen molar-refractivity contribution in [1.82, 2.24) is 4.90 Å². The Morgan fingerprint density at radius 3 is 2.79 bits per heavy atom. The molecule has 0 radical (unpaired) electrons. The van der Waals surface area contributed by atoms with E-state index in [0.29, 0.717) is 16.4 Å². The zero-order valence-electron chi connectivity index (χ0n) is 16.0. The van der Waals surface area contributed by atoms with Crippen LogP contribution in [0.5, 0.6) is 0 Å². The third-order valence-corrected chi connectivity index (χ3v) is 5.48. The van der Waals surface area contributed by atoms with Gasteiger partial charge in [0.1, 0.15) is 0 Å². The maximum absolute atomic E-state index is 12.9. The fourth-order valence-electron chi connectivity index (χ4n) is 3.11. The molecule has 0 saturated carbocycles. The summed E-state index contributed by atoms with van der Waals surface area (Å²) in [6.45, 7) is 7.53. The number of nitro benzene ring substituents is 1. The highest BCUT2D eigenvalue weighted by Crippen LogP contribution is 2.43. The van der Waals surface area contributed by atoms with Gasteiger partial charge in [-0.3, -0.25) is 19.8 Å². The van der Waals surface area contributed by atoms with Gasteiger partial charge < -0.3 is 4.74 Å². The minimum absolute atomic E-state index is 0.110. The summed E-state index contributed by atoms with van der Waals surface area (Å²) >= 11 is 1.31. The molecule has 2 heterocycles. The van der Waals surface area contributed by atoms with Crippen LogP contribution in [0.1, 0.15) is 39.3 Å². The second-order valence-corrected chi connectivity index (χ2v) is 8.42. The molecule has 2 unspecified atom stereocenters. The Morgan fingerprint density at radius 2 is 2.14 bits per heavy atom. The number of fused-ring (bicyclic) bond motifs is 1. The van der Waals surface area contributed by atoms with Crippen molar-refractivity contribution in [2.24, 2.45) is 10.9 Å². The number of esters is 1. The highest BCUT2D eigenvalue weighted by Gasteiger charge is 2.46. The van der Waals surface area contributed by atoms with E-state index < -0.39 is 16.9 Å². The topological polar surface area (TPSA) is 102 Å². The number of hydrogen-bond donors (Lipinski definition) is 0. The zero-order chi connectivity index (χ0) is 20.6. The minimum atomic E-state index is -0.808. The van der Waals surface area contributed by atoms with Crippen LogP contribution < -0.4 is 0 Å². The molecule has 148 valence electrons. The molecular weight excluding hydrogens is 382 g/mol. The quantitative estimate of drug-likeness (QED) is 0.424. The van der Waals surface area contributed by atoms with Crippen LogP contribution in [0.3, 0.4) is 0 Å². The summed E-state index contributed by atoms with van der Waals surface area (Å²) in [5, 5.41) is 11.4. The summed E-state index contributed by atoms with van der Waals surface area (Å²) in [4.78, 5) is 42.3. The van der Waals surface area contributed by atoms with Crippen LogP contribution >= 0.6 is 11.8 Å². The van der Waals surface area contributed by atoms with Crippen LogP contribution in [-0.2, 0) is 14.3 Å². The van der Waals surface area contributed by atoms with Crippen molar-refractivity contribution in [3.8, 4) is 0 Å². The summed E-state index contributed by atoms with van der Waals surface area (Å²) < 4.78 is 5.41. The number of rotatable bonds is 5. The average Bonchev–Trinajstić information content (AvgIpc) is 2.92. The minimum Gasteiger partial charge on any atom is -0.462 e. The molecule has 1 aromatic rings. The van der Waals surface area contributed by atoms with Crippen LogP contribution in [0, 0.1) is 16.0 Å². The SMILES string of the molecule is CC1=C(C(=O)OCC(C)C)C(c2cccc([N+](=O)[O-])c2)N2C(=O)C(C)SC2=N1. The van der Waals surface area contributed by atoms with Gasteiger partial charge in [-0.15, -0.1) is 0 Å². The number of amidine groups is 1. The van der Waals surface area contributed by atoms with Gasteiger partial charge in [-0.1, -0.05) is 37.7 Å². The number of benzene rings is 1. The van der Waals surface area contributed by atoms with Crippen LogP contribution in [0.25, 0.3) is 0 Å². The van der Waals surface area contributed by atoms with Crippen LogP contribution in [0.2, 0.25) is 0 Å². The van der Waals surface area contributed by atoms with Gasteiger partial charge >= 0.3 is 5.97 Å². The Hall–Kier alpha value is -2.68. The number of carbonyl (C=O) groups excluding carboxylic acids is 2. The summed E-state index contributed by atoms with van der Waals surface area (Å²) in [6.07, 6.45) is 0. The maximum atomic E-state index is 12.9. The number of nitrogens with zero attached hydrogens (tertiary/aromatic N) is 3. The van der Waals surface area contributed by atoms with Crippen LogP contribution in [0.4, 0.5) is 5.69 Å². The largest absolute Gasteiger partial charge is 0.462 e. The predicted molar refractivity (Wildman–Crippen MR) is 106 cm³/mol.